The van der Waals surface area contributed by atoms with Crippen LogP contribution in [0.25, 0.3) is 0 Å². The summed E-state index contributed by atoms with van der Waals surface area (Å²) in [5.41, 5.74) is 1.85. The minimum atomic E-state index is -3.80. The van der Waals surface area contributed by atoms with Crippen molar-refractivity contribution >= 4 is 27.6 Å². The van der Waals surface area contributed by atoms with E-state index in [-0.39, 0.29) is 16.4 Å². The van der Waals surface area contributed by atoms with Crippen molar-refractivity contribution in [2.45, 2.75) is 11.8 Å². The molecule has 1 heterocycles. The van der Waals surface area contributed by atoms with Gasteiger partial charge in [-0.2, -0.15) is 0 Å². The number of nitrogens with one attached hydrogen (secondary N) is 2. The molecule has 0 radical (unpaired) electrons. The molecule has 0 fully saturated rings. The monoisotopic (exact) mass is 425 g/mol. The van der Waals surface area contributed by atoms with Crippen LogP contribution in [0.15, 0.2) is 71.9 Å². The van der Waals surface area contributed by atoms with Gasteiger partial charge in [-0.3, -0.25) is 9.10 Å². The molecule has 0 spiro atoms. The molecule has 0 aliphatic heterocycles. The van der Waals surface area contributed by atoms with Crippen molar-refractivity contribution < 1.29 is 13.2 Å². The minimum absolute atomic E-state index is 0.0500. The van der Waals surface area contributed by atoms with Crippen molar-refractivity contribution in [3.8, 4) is 0 Å². The predicted molar refractivity (Wildman–Crippen MR) is 116 cm³/mol. The lowest BCUT2D eigenvalue weighted by molar-refractivity contribution is 0.0955. The fraction of sp³-hybridized carbons (Fsp3) is 0.190. The number of benzene rings is 2. The number of carbonyl (C=O) groups excluding carboxylic acids is 1. The first-order chi connectivity index (χ1) is 14.4. The van der Waals surface area contributed by atoms with Gasteiger partial charge in [0.05, 0.1) is 10.6 Å². The number of carbonyl (C=O) groups is 1. The van der Waals surface area contributed by atoms with Gasteiger partial charge in [-0.25, -0.2) is 18.4 Å². The van der Waals surface area contributed by atoms with E-state index in [9.17, 15) is 13.2 Å². The number of hydrogen-bond donors (Lipinski definition) is 2. The van der Waals surface area contributed by atoms with Gasteiger partial charge in [-0.05, 0) is 43.3 Å². The third-order valence-corrected chi connectivity index (χ3v) is 6.19. The van der Waals surface area contributed by atoms with Gasteiger partial charge in [0, 0.05) is 38.1 Å². The summed E-state index contributed by atoms with van der Waals surface area (Å²) in [6, 6.07) is 14.9. The lowest BCUT2D eigenvalue weighted by Crippen LogP contribution is -2.30. The number of hydrogen-bond acceptors (Lipinski definition) is 6. The Morgan fingerprint density at radius 1 is 1.00 bits per heavy atom. The van der Waals surface area contributed by atoms with E-state index in [0.29, 0.717) is 24.7 Å². The third-order valence-electron chi connectivity index (χ3n) is 4.41. The largest absolute Gasteiger partial charge is 0.352 e. The Morgan fingerprint density at radius 3 is 2.40 bits per heavy atom. The summed E-state index contributed by atoms with van der Waals surface area (Å²) < 4.78 is 27.2. The highest BCUT2D eigenvalue weighted by molar-refractivity contribution is 7.92. The first-order valence-electron chi connectivity index (χ1n) is 9.33. The maximum Gasteiger partial charge on any atom is 0.264 e. The molecule has 0 aliphatic rings. The lowest BCUT2D eigenvalue weighted by Gasteiger charge is -2.20. The van der Waals surface area contributed by atoms with Crippen molar-refractivity contribution in [1.29, 1.82) is 0 Å². The average Bonchev–Trinajstić information content (AvgIpc) is 2.77. The molecule has 30 heavy (non-hydrogen) atoms. The lowest BCUT2D eigenvalue weighted by atomic mass is 10.2. The first-order valence-corrected chi connectivity index (χ1v) is 10.8. The number of amides is 1. The quantitative estimate of drug-likeness (QED) is 0.537. The Kier molecular flexibility index (Phi) is 6.63. The van der Waals surface area contributed by atoms with Crippen LogP contribution in [-0.2, 0) is 10.0 Å². The molecule has 9 heteroatoms. The van der Waals surface area contributed by atoms with Crippen LogP contribution in [0.1, 0.15) is 15.9 Å². The SMILES string of the molecule is Cc1ccc(N(C)S(=O)(=O)c2cccc(C(=O)NCCNc3ncccn3)c2)cc1. The van der Waals surface area contributed by atoms with Gasteiger partial charge in [0.1, 0.15) is 0 Å². The fourth-order valence-corrected chi connectivity index (χ4v) is 3.93. The summed E-state index contributed by atoms with van der Waals surface area (Å²) in [7, 11) is -2.31. The second-order valence-corrected chi connectivity index (χ2v) is 8.56. The maximum atomic E-state index is 13.0. The molecule has 0 atom stereocenters. The van der Waals surface area contributed by atoms with Gasteiger partial charge in [0.15, 0.2) is 0 Å². The minimum Gasteiger partial charge on any atom is -0.352 e. The molecule has 156 valence electrons. The highest BCUT2D eigenvalue weighted by Crippen LogP contribution is 2.23. The van der Waals surface area contributed by atoms with E-state index >= 15 is 0 Å². The Hall–Kier alpha value is -3.46. The van der Waals surface area contributed by atoms with Crippen LogP contribution in [0.5, 0.6) is 0 Å². The molecule has 0 bridgehead atoms. The molecule has 1 amide bonds. The molecule has 2 aromatic carbocycles. The summed E-state index contributed by atoms with van der Waals surface area (Å²) >= 11 is 0. The summed E-state index contributed by atoms with van der Waals surface area (Å²) in [5, 5.41) is 5.73. The van der Waals surface area contributed by atoms with Gasteiger partial charge >= 0.3 is 0 Å². The van der Waals surface area contributed by atoms with E-state index < -0.39 is 10.0 Å². The smallest absolute Gasteiger partial charge is 0.264 e. The van der Waals surface area contributed by atoms with Crippen LogP contribution in [0, 0.1) is 6.92 Å². The summed E-state index contributed by atoms with van der Waals surface area (Å²) in [4.78, 5) is 20.5. The topological polar surface area (TPSA) is 104 Å². The number of aromatic nitrogens is 2. The second kappa shape index (κ2) is 9.36. The average molecular weight is 426 g/mol. The number of nitrogens with zero attached hydrogens (tertiary/aromatic N) is 3. The van der Waals surface area contributed by atoms with Gasteiger partial charge in [0.25, 0.3) is 15.9 Å². The molecule has 3 aromatic rings. The highest BCUT2D eigenvalue weighted by Gasteiger charge is 2.22. The Balaban J connectivity index is 1.65. The van der Waals surface area contributed by atoms with Crippen LogP contribution in [-0.4, -0.2) is 44.4 Å². The van der Waals surface area contributed by atoms with E-state index in [0.717, 1.165) is 5.56 Å². The Bertz CT molecular complexity index is 1100. The number of anilines is 2. The molecule has 0 saturated carbocycles. The summed E-state index contributed by atoms with van der Waals surface area (Å²) in [6.07, 6.45) is 3.24. The van der Waals surface area contributed by atoms with E-state index in [1.165, 1.54) is 23.5 Å². The van der Waals surface area contributed by atoms with Crippen molar-refractivity contribution in [3.63, 3.8) is 0 Å². The standard InChI is InChI=1S/C21H23N5O3S/c1-16-7-9-18(10-8-16)26(2)30(28,29)19-6-3-5-17(15-19)20(27)22-13-14-25-21-23-11-4-12-24-21/h3-12,15H,13-14H2,1-2H3,(H,22,27)(H,23,24,25). The number of sulfonamides is 1. The Morgan fingerprint density at radius 2 is 1.70 bits per heavy atom. The van der Waals surface area contributed by atoms with Crippen LogP contribution >= 0.6 is 0 Å². The molecule has 0 unspecified atom stereocenters. The van der Waals surface area contributed by atoms with Gasteiger partial charge < -0.3 is 10.6 Å². The molecule has 3 rings (SSSR count). The second-order valence-electron chi connectivity index (χ2n) is 6.59. The molecular weight excluding hydrogens is 402 g/mol. The fourth-order valence-electron chi connectivity index (χ4n) is 2.69. The van der Waals surface area contributed by atoms with Crippen LogP contribution in [0.3, 0.4) is 0 Å². The van der Waals surface area contributed by atoms with Gasteiger partial charge in [0.2, 0.25) is 5.95 Å². The molecule has 1 aromatic heterocycles. The zero-order chi connectivity index (χ0) is 21.6. The van der Waals surface area contributed by atoms with Crippen LogP contribution in [0.2, 0.25) is 0 Å². The van der Waals surface area contributed by atoms with Crippen molar-refractivity contribution in [2.75, 3.05) is 29.8 Å². The van der Waals surface area contributed by atoms with E-state index in [1.807, 2.05) is 19.1 Å². The highest BCUT2D eigenvalue weighted by atomic mass is 32.2. The molecule has 0 saturated heterocycles. The van der Waals surface area contributed by atoms with Gasteiger partial charge in [-0.15, -0.1) is 0 Å². The van der Waals surface area contributed by atoms with E-state index in [1.54, 1.807) is 42.7 Å². The summed E-state index contributed by atoms with van der Waals surface area (Å²) in [5.74, 6) is 0.111. The summed E-state index contributed by atoms with van der Waals surface area (Å²) in [6.45, 7) is 2.70. The van der Waals surface area contributed by atoms with E-state index in [2.05, 4.69) is 20.6 Å². The normalized spacial score (nSPS) is 11.0. The molecule has 2 N–H and O–H groups in total. The van der Waals surface area contributed by atoms with E-state index in [4.69, 9.17) is 0 Å². The molecular formula is C21H23N5O3S. The van der Waals surface area contributed by atoms with Crippen LogP contribution in [0.4, 0.5) is 11.6 Å². The maximum absolute atomic E-state index is 13.0. The Labute approximate surface area is 176 Å². The van der Waals surface area contributed by atoms with Crippen LogP contribution < -0.4 is 14.9 Å². The molecule has 0 aliphatic carbocycles. The van der Waals surface area contributed by atoms with Crippen molar-refractivity contribution in [1.82, 2.24) is 15.3 Å². The first kappa shape index (κ1) is 21.3. The molecule has 8 nitrogen and oxygen atoms in total. The van der Waals surface area contributed by atoms with Crippen molar-refractivity contribution in [3.05, 3.63) is 78.1 Å². The number of rotatable bonds is 8. The zero-order valence-electron chi connectivity index (χ0n) is 16.7. The van der Waals surface area contributed by atoms with Crippen molar-refractivity contribution in [2.24, 2.45) is 0 Å². The predicted octanol–water partition coefficient (Wildman–Crippen LogP) is 2.45. The number of aryl methyl sites for hydroxylation is 1. The third kappa shape index (κ3) is 5.12. The zero-order valence-corrected chi connectivity index (χ0v) is 17.6. The van der Waals surface area contributed by atoms with Gasteiger partial charge in [-0.1, -0.05) is 23.8 Å².